The lowest BCUT2D eigenvalue weighted by Crippen LogP contribution is -2.33. The van der Waals surface area contributed by atoms with Crippen LogP contribution in [-0.2, 0) is 0 Å². The summed E-state index contributed by atoms with van der Waals surface area (Å²) in [5, 5.41) is 9.00. The quantitative estimate of drug-likeness (QED) is 0.349. The molecule has 2 unspecified atom stereocenters. The van der Waals surface area contributed by atoms with E-state index >= 15 is 0 Å². The van der Waals surface area contributed by atoms with Crippen molar-refractivity contribution < 1.29 is 13.6 Å². The van der Waals surface area contributed by atoms with Gasteiger partial charge in [-0.3, -0.25) is 14.3 Å². The first kappa shape index (κ1) is 22.6. The second kappa shape index (κ2) is 9.92. The number of likely N-dealkylation sites (tertiary alicyclic amines) is 1. The van der Waals surface area contributed by atoms with Crippen LogP contribution in [0.3, 0.4) is 0 Å². The predicted molar refractivity (Wildman–Crippen MR) is 121 cm³/mol. The van der Waals surface area contributed by atoms with Gasteiger partial charge >= 0.3 is 0 Å². The number of aromatic nitrogens is 3. The summed E-state index contributed by atoms with van der Waals surface area (Å²) >= 11 is 1.30. The average molecular weight is 457 g/mol. The maximum atomic E-state index is 13.6. The van der Waals surface area contributed by atoms with E-state index in [4.69, 9.17) is 0 Å². The van der Waals surface area contributed by atoms with Crippen molar-refractivity contribution >= 4 is 17.5 Å². The number of thioether (sulfide) groups is 1. The van der Waals surface area contributed by atoms with Gasteiger partial charge in [0.2, 0.25) is 0 Å². The van der Waals surface area contributed by atoms with Crippen LogP contribution in [0.5, 0.6) is 0 Å². The van der Waals surface area contributed by atoms with Crippen LogP contribution < -0.4 is 0 Å². The molecule has 1 fully saturated rings. The molecule has 0 amide bonds. The number of piperidine rings is 1. The lowest BCUT2D eigenvalue weighted by molar-refractivity contribution is 0.0994. The summed E-state index contributed by atoms with van der Waals surface area (Å²) in [5.74, 6) is -0.0486. The Hall–Kier alpha value is -2.58. The SMILES string of the molecule is CC(Sc1nnc(C(C)N2CCCCC2)n1-c1ccc(F)cc1)C(=O)c1ccc(F)cc1. The van der Waals surface area contributed by atoms with Crippen molar-refractivity contribution in [2.45, 2.75) is 49.6 Å². The summed E-state index contributed by atoms with van der Waals surface area (Å²) in [4.78, 5) is 15.3. The highest BCUT2D eigenvalue weighted by molar-refractivity contribution is 8.00. The summed E-state index contributed by atoms with van der Waals surface area (Å²) in [5.41, 5.74) is 1.19. The molecule has 0 spiro atoms. The molecule has 0 bridgehead atoms. The number of halogens is 2. The molecule has 8 heteroatoms. The molecule has 3 aromatic rings. The van der Waals surface area contributed by atoms with Crippen molar-refractivity contribution in [1.29, 1.82) is 0 Å². The second-order valence-electron chi connectivity index (χ2n) is 8.06. The van der Waals surface area contributed by atoms with Crippen molar-refractivity contribution in [2.75, 3.05) is 13.1 Å². The Balaban J connectivity index is 1.65. The van der Waals surface area contributed by atoms with Gasteiger partial charge in [-0.2, -0.15) is 0 Å². The first-order valence-electron chi connectivity index (χ1n) is 10.9. The largest absolute Gasteiger partial charge is 0.294 e. The van der Waals surface area contributed by atoms with Gasteiger partial charge in [0.15, 0.2) is 16.8 Å². The highest BCUT2D eigenvalue weighted by Crippen LogP contribution is 2.32. The molecular formula is C24H26F2N4OS. The minimum atomic E-state index is -0.456. The molecule has 2 atom stereocenters. The van der Waals surface area contributed by atoms with Crippen LogP contribution in [0.2, 0.25) is 0 Å². The molecule has 1 aliphatic heterocycles. The van der Waals surface area contributed by atoms with Gasteiger partial charge in [-0.1, -0.05) is 18.2 Å². The summed E-state index contributed by atoms with van der Waals surface area (Å²) < 4.78 is 28.7. The molecule has 0 saturated carbocycles. The van der Waals surface area contributed by atoms with Gasteiger partial charge in [0.05, 0.1) is 11.3 Å². The zero-order chi connectivity index (χ0) is 22.7. The number of rotatable bonds is 7. The van der Waals surface area contributed by atoms with Crippen LogP contribution in [-0.4, -0.2) is 43.8 Å². The minimum Gasteiger partial charge on any atom is -0.294 e. The van der Waals surface area contributed by atoms with Gasteiger partial charge in [-0.25, -0.2) is 8.78 Å². The van der Waals surface area contributed by atoms with E-state index in [1.165, 1.54) is 54.6 Å². The molecule has 0 N–H and O–H groups in total. The van der Waals surface area contributed by atoms with Gasteiger partial charge in [-0.05, 0) is 88.3 Å². The lowest BCUT2D eigenvalue weighted by Gasteiger charge is -2.32. The summed E-state index contributed by atoms with van der Waals surface area (Å²) in [6.45, 7) is 5.91. The summed E-state index contributed by atoms with van der Waals surface area (Å²) in [6.07, 6.45) is 3.54. The molecule has 5 nitrogen and oxygen atoms in total. The Labute approximate surface area is 190 Å². The van der Waals surface area contributed by atoms with E-state index in [1.54, 1.807) is 19.1 Å². The van der Waals surface area contributed by atoms with Gasteiger partial charge in [0.25, 0.3) is 0 Å². The number of carbonyl (C=O) groups is 1. The zero-order valence-corrected chi connectivity index (χ0v) is 19.0. The third kappa shape index (κ3) is 4.91. The van der Waals surface area contributed by atoms with E-state index in [1.807, 2.05) is 4.57 Å². The van der Waals surface area contributed by atoms with Crippen LogP contribution in [0.15, 0.2) is 53.7 Å². The molecule has 0 aliphatic carbocycles. The van der Waals surface area contributed by atoms with Crippen molar-refractivity contribution in [1.82, 2.24) is 19.7 Å². The van der Waals surface area contributed by atoms with Crippen LogP contribution in [0.4, 0.5) is 8.78 Å². The number of ketones is 1. The molecule has 0 radical (unpaired) electrons. The molecular weight excluding hydrogens is 430 g/mol. The summed E-state index contributed by atoms with van der Waals surface area (Å²) in [7, 11) is 0. The monoisotopic (exact) mass is 456 g/mol. The van der Waals surface area contributed by atoms with Crippen LogP contribution in [0, 0.1) is 11.6 Å². The molecule has 168 valence electrons. The molecule has 2 aromatic carbocycles. The molecule has 32 heavy (non-hydrogen) atoms. The van der Waals surface area contributed by atoms with Crippen molar-refractivity contribution in [2.24, 2.45) is 0 Å². The van der Waals surface area contributed by atoms with Gasteiger partial charge < -0.3 is 0 Å². The fourth-order valence-corrected chi connectivity index (χ4v) is 4.94. The first-order chi connectivity index (χ1) is 15.4. The van der Waals surface area contributed by atoms with Gasteiger partial charge in [-0.15, -0.1) is 10.2 Å². The maximum absolute atomic E-state index is 13.6. The average Bonchev–Trinajstić information content (AvgIpc) is 3.23. The number of carbonyl (C=O) groups excluding carboxylic acids is 1. The Morgan fingerprint density at radius 3 is 2.12 bits per heavy atom. The van der Waals surface area contributed by atoms with E-state index in [9.17, 15) is 13.6 Å². The van der Waals surface area contributed by atoms with E-state index in [0.717, 1.165) is 37.4 Å². The third-order valence-electron chi connectivity index (χ3n) is 5.84. The molecule has 4 rings (SSSR count). The number of benzene rings is 2. The first-order valence-corrected chi connectivity index (χ1v) is 11.7. The van der Waals surface area contributed by atoms with Crippen molar-refractivity contribution in [3.05, 3.63) is 71.6 Å². The number of Topliss-reactive ketones (excluding diaryl/α,β-unsaturated/α-hetero) is 1. The van der Waals surface area contributed by atoms with E-state index in [0.29, 0.717) is 10.7 Å². The van der Waals surface area contributed by atoms with Gasteiger partial charge in [0.1, 0.15) is 11.6 Å². The third-order valence-corrected chi connectivity index (χ3v) is 6.88. The summed E-state index contributed by atoms with van der Waals surface area (Å²) in [6, 6.07) is 11.8. The van der Waals surface area contributed by atoms with Crippen LogP contribution in [0.1, 0.15) is 55.3 Å². The Morgan fingerprint density at radius 2 is 1.50 bits per heavy atom. The lowest BCUT2D eigenvalue weighted by atomic mass is 10.1. The molecule has 1 aliphatic rings. The topological polar surface area (TPSA) is 51.0 Å². The highest BCUT2D eigenvalue weighted by Gasteiger charge is 2.27. The molecule has 2 heterocycles. The Morgan fingerprint density at radius 1 is 0.906 bits per heavy atom. The van der Waals surface area contributed by atoms with Crippen LogP contribution in [0.25, 0.3) is 5.69 Å². The number of hydrogen-bond donors (Lipinski definition) is 0. The second-order valence-corrected chi connectivity index (χ2v) is 9.36. The predicted octanol–water partition coefficient (Wildman–Crippen LogP) is 5.46. The molecule has 1 aromatic heterocycles. The Kier molecular flexibility index (Phi) is 7.01. The maximum Gasteiger partial charge on any atom is 0.196 e. The number of nitrogens with zero attached hydrogens (tertiary/aromatic N) is 4. The fraction of sp³-hybridized carbons (Fsp3) is 0.375. The zero-order valence-electron chi connectivity index (χ0n) is 18.2. The minimum absolute atomic E-state index is 0.0327. The van der Waals surface area contributed by atoms with E-state index < -0.39 is 5.25 Å². The standard InChI is InChI=1S/C24H26F2N4OS/c1-16(29-14-4-3-5-15-29)23-27-28-24(30(23)21-12-10-20(26)11-13-21)32-17(2)22(31)18-6-8-19(25)9-7-18/h6-13,16-17H,3-5,14-15H2,1-2H3. The highest BCUT2D eigenvalue weighted by atomic mass is 32.2. The normalized spacial score (nSPS) is 16.6. The van der Waals surface area contributed by atoms with Gasteiger partial charge in [0, 0.05) is 11.3 Å². The van der Waals surface area contributed by atoms with Crippen molar-refractivity contribution in [3.63, 3.8) is 0 Å². The van der Waals surface area contributed by atoms with Crippen LogP contribution >= 0.6 is 11.8 Å². The Bertz CT molecular complexity index is 1060. The number of hydrogen-bond acceptors (Lipinski definition) is 5. The fourth-order valence-electron chi connectivity index (χ4n) is 3.99. The van der Waals surface area contributed by atoms with E-state index in [-0.39, 0.29) is 23.5 Å². The smallest absolute Gasteiger partial charge is 0.196 e. The van der Waals surface area contributed by atoms with E-state index in [2.05, 4.69) is 22.0 Å². The molecule has 1 saturated heterocycles. The van der Waals surface area contributed by atoms with Crippen molar-refractivity contribution in [3.8, 4) is 5.69 Å².